The molecule has 1 saturated heterocycles. The van der Waals surface area contributed by atoms with Crippen molar-refractivity contribution < 1.29 is 9.53 Å². The highest BCUT2D eigenvalue weighted by atomic mass is 32.1. The average molecular weight is 281 g/mol. The molecule has 0 radical (unpaired) electrons. The third-order valence-corrected chi connectivity index (χ3v) is 4.31. The summed E-state index contributed by atoms with van der Waals surface area (Å²) in [6, 6.07) is 2.11. The minimum atomic E-state index is 0.287. The van der Waals surface area contributed by atoms with Crippen molar-refractivity contribution in [2.75, 3.05) is 19.8 Å². The van der Waals surface area contributed by atoms with Gasteiger partial charge in [0.1, 0.15) is 0 Å². The number of rotatable bonds is 7. The molecule has 2 heterocycles. The average Bonchev–Trinajstić information content (AvgIpc) is 3.07. The van der Waals surface area contributed by atoms with Crippen LogP contribution in [0.15, 0.2) is 16.8 Å². The van der Waals surface area contributed by atoms with Crippen molar-refractivity contribution in [1.29, 1.82) is 0 Å². The summed E-state index contributed by atoms with van der Waals surface area (Å²) in [7, 11) is 0. The molecule has 2 rings (SSSR count). The van der Waals surface area contributed by atoms with Crippen molar-refractivity contribution in [2.45, 2.75) is 39.2 Å². The summed E-state index contributed by atoms with van der Waals surface area (Å²) < 4.78 is 5.36. The number of amides is 1. The lowest BCUT2D eigenvalue weighted by molar-refractivity contribution is -0.133. The van der Waals surface area contributed by atoms with Gasteiger partial charge in [-0.1, -0.05) is 13.3 Å². The van der Waals surface area contributed by atoms with Gasteiger partial charge in [-0.2, -0.15) is 11.3 Å². The van der Waals surface area contributed by atoms with Gasteiger partial charge in [-0.15, -0.1) is 0 Å². The standard InChI is InChI=1S/C15H23NO2S/c1-2-3-6-16(10-14-5-8-19-12-14)15(17)9-13-4-7-18-11-13/h5,8,12-13H,2-4,6-7,9-11H2,1H3/t13-/m1/s1. The Bertz CT molecular complexity index is 372. The van der Waals surface area contributed by atoms with Crippen LogP contribution in [-0.4, -0.2) is 30.6 Å². The highest BCUT2D eigenvalue weighted by Gasteiger charge is 2.22. The molecule has 1 atom stereocenters. The summed E-state index contributed by atoms with van der Waals surface area (Å²) in [6.45, 7) is 5.37. The molecular weight excluding hydrogens is 258 g/mol. The van der Waals surface area contributed by atoms with E-state index < -0.39 is 0 Å². The molecule has 1 aromatic heterocycles. The maximum Gasteiger partial charge on any atom is 0.223 e. The van der Waals surface area contributed by atoms with Crippen LogP contribution in [0.1, 0.15) is 38.2 Å². The SMILES string of the molecule is CCCCN(Cc1ccsc1)C(=O)C[C@H]1CCOC1. The molecule has 1 amide bonds. The second-order valence-electron chi connectivity index (χ2n) is 5.23. The Morgan fingerprint density at radius 1 is 1.58 bits per heavy atom. The maximum absolute atomic E-state index is 12.4. The highest BCUT2D eigenvalue weighted by molar-refractivity contribution is 7.07. The van der Waals surface area contributed by atoms with E-state index in [1.807, 2.05) is 4.90 Å². The fourth-order valence-electron chi connectivity index (χ4n) is 2.36. The molecule has 1 aliphatic rings. The Hall–Kier alpha value is -0.870. The van der Waals surface area contributed by atoms with E-state index in [2.05, 4.69) is 23.8 Å². The third kappa shape index (κ3) is 4.62. The molecule has 1 aromatic rings. The van der Waals surface area contributed by atoms with Gasteiger partial charge in [-0.25, -0.2) is 0 Å². The zero-order valence-corrected chi connectivity index (χ0v) is 12.5. The van der Waals surface area contributed by atoms with E-state index in [1.165, 1.54) is 5.56 Å². The number of nitrogens with zero attached hydrogens (tertiary/aromatic N) is 1. The predicted molar refractivity (Wildman–Crippen MR) is 78.2 cm³/mol. The molecule has 0 saturated carbocycles. The molecule has 1 aliphatic heterocycles. The number of carbonyl (C=O) groups is 1. The van der Waals surface area contributed by atoms with Gasteiger partial charge in [0.05, 0.1) is 0 Å². The molecule has 4 heteroatoms. The van der Waals surface area contributed by atoms with Gasteiger partial charge >= 0.3 is 0 Å². The number of thiophene rings is 1. The number of hydrogen-bond donors (Lipinski definition) is 0. The van der Waals surface area contributed by atoms with Crippen molar-refractivity contribution in [3.63, 3.8) is 0 Å². The van der Waals surface area contributed by atoms with Crippen LogP contribution in [0.3, 0.4) is 0 Å². The number of unbranched alkanes of at least 4 members (excludes halogenated alkanes) is 1. The summed E-state index contributed by atoms with van der Waals surface area (Å²) in [5.41, 5.74) is 1.25. The topological polar surface area (TPSA) is 29.5 Å². The van der Waals surface area contributed by atoms with Gasteiger partial charge in [0, 0.05) is 32.7 Å². The van der Waals surface area contributed by atoms with Crippen LogP contribution in [0.5, 0.6) is 0 Å². The van der Waals surface area contributed by atoms with E-state index in [0.717, 1.165) is 45.6 Å². The van der Waals surface area contributed by atoms with Crippen molar-refractivity contribution >= 4 is 17.2 Å². The van der Waals surface area contributed by atoms with Crippen molar-refractivity contribution in [3.8, 4) is 0 Å². The van der Waals surface area contributed by atoms with E-state index in [0.29, 0.717) is 12.3 Å². The van der Waals surface area contributed by atoms with E-state index >= 15 is 0 Å². The fraction of sp³-hybridized carbons (Fsp3) is 0.667. The summed E-state index contributed by atoms with van der Waals surface area (Å²) in [5.74, 6) is 0.717. The normalized spacial score (nSPS) is 18.7. The fourth-order valence-corrected chi connectivity index (χ4v) is 3.02. The number of carbonyl (C=O) groups excluding carboxylic acids is 1. The quantitative estimate of drug-likeness (QED) is 0.767. The van der Waals surface area contributed by atoms with Crippen LogP contribution in [0, 0.1) is 5.92 Å². The van der Waals surface area contributed by atoms with Crippen LogP contribution < -0.4 is 0 Å². The zero-order chi connectivity index (χ0) is 13.5. The van der Waals surface area contributed by atoms with E-state index in [9.17, 15) is 4.79 Å². The third-order valence-electron chi connectivity index (χ3n) is 3.58. The van der Waals surface area contributed by atoms with Crippen LogP contribution in [0.4, 0.5) is 0 Å². The first-order chi connectivity index (χ1) is 9.29. The van der Waals surface area contributed by atoms with Crippen LogP contribution in [-0.2, 0) is 16.1 Å². The lowest BCUT2D eigenvalue weighted by Gasteiger charge is -2.23. The lowest BCUT2D eigenvalue weighted by atomic mass is 10.0. The lowest BCUT2D eigenvalue weighted by Crippen LogP contribution is -2.32. The van der Waals surface area contributed by atoms with E-state index in [4.69, 9.17) is 4.74 Å². The summed E-state index contributed by atoms with van der Waals surface area (Å²) in [4.78, 5) is 14.4. The summed E-state index contributed by atoms with van der Waals surface area (Å²) >= 11 is 1.69. The smallest absolute Gasteiger partial charge is 0.223 e. The van der Waals surface area contributed by atoms with Crippen molar-refractivity contribution in [2.24, 2.45) is 5.92 Å². The highest BCUT2D eigenvalue weighted by Crippen LogP contribution is 2.19. The van der Waals surface area contributed by atoms with Crippen molar-refractivity contribution in [1.82, 2.24) is 4.90 Å². The molecule has 0 aromatic carbocycles. The van der Waals surface area contributed by atoms with Gasteiger partial charge in [-0.3, -0.25) is 4.79 Å². The Kier molecular flexibility index (Phi) is 5.86. The molecule has 0 aliphatic carbocycles. The van der Waals surface area contributed by atoms with Gasteiger partial charge in [0.2, 0.25) is 5.91 Å². The van der Waals surface area contributed by atoms with Gasteiger partial charge in [0.15, 0.2) is 0 Å². The summed E-state index contributed by atoms with van der Waals surface area (Å²) in [5, 5.41) is 4.20. The largest absolute Gasteiger partial charge is 0.381 e. The Labute approximate surface area is 119 Å². The van der Waals surface area contributed by atoms with Gasteiger partial charge in [0.25, 0.3) is 0 Å². The first-order valence-corrected chi connectivity index (χ1v) is 8.10. The first kappa shape index (κ1) is 14.5. The number of hydrogen-bond acceptors (Lipinski definition) is 3. The molecular formula is C15H23NO2S. The number of ether oxygens (including phenoxy) is 1. The molecule has 0 unspecified atom stereocenters. The van der Waals surface area contributed by atoms with E-state index in [1.54, 1.807) is 11.3 Å². The molecule has 1 fully saturated rings. The summed E-state index contributed by atoms with van der Waals surface area (Å²) in [6.07, 6.45) is 3.89. The molecule has 0 spiro atoms. The van der Waals surface area contributed by atoms with Crippen molar-refractivity contribution in [3.05, 3.63) is 22.4 Å². The monoisotopic (exact) mass is 281 g/mol. The second-order valence-corrected chi connectivity index (χ2v) is 6.01. The Morgan fingerprint density at radius 3 is 3.11 bits per heavy atom. The molecule has 19 heavy (non-hydrogen) atoms. The second kappa shape index (κ2) is 7.65. The molecule has 3 nitrogen and oxygen atoms in total. The minimum absolute atomic E-state index is 0.287. The Balaban J connectivity index is 1.89. The molecule has 0 N–H and O–H groups in total. The van der Waals surface area contributed by atoms with Crippen LogP contribution >= 0.6 is 11.3 Å². The predicted octanol–water partition coefficient (Wildman–Crippen LogP) is 3.30. The zero-order valence-electron chi connectivity index (χ0n) is 11.6. The molecule has 0 bridgehead atoms. The molecule has 106 valence electrons. The van der Waals surface area contributed by atoms with Gasteiger partial charge < -0.3 is 9.64 Å². The van der Waals surface area contributed by atoms with Crippen LogP contribution in [0.25, 0.3) is 0 Å². The minimum Gasteiger partial charge on any atom is -0.381 e. The maximum atomic E-state index is 12.4. The van der Waals surface area contributed by atoms with E-state index in [-0.39, 0.29) is 5.91 Å². The first-order valence-electron chi connectivity index (χ1n) is 7.16. The van der Waals surface area contributed by atoms with Gasteiger partial charge in [-0.05, 0) is 41.1 Å². The Morgan fingerprint density at radius 2 is 2.47 bits per heavy atom. The van der Waals surface area contributed by atoms with Crippen LogP contribution in [0.2, 0.25) is 0 Å².